The zero-order valence-corrected chi connectivity index (χ0v) is 17.5. The summed E-state index contributed by atoms with van der Waals surface area (Å²) in [6, 6.07) is 18.7. The first kappa shape index (κ1) is 21.8. The molecule has 0 spiro atoms. The first-order valence-electron chi connectivity index (χ1n) is 10.7. The molecule has 0 radical (unpaired) electrons. The van der Waals surface area contributed by atoms with E-state index in [9.17, 15) is 5.11 Å². The largest absolute Gasteiger partial charge is 0.491 e. The minimum absolute atomic E-state index is 0.350. The summed E-state index contributed by atoms with van der Waals surface area (Å²) in [5, 5.41) is 10.3. The highest BCUT2D eigenvalue weighted by Crippen LogP contribution is 2.12. The summed E-state index contributed by atoms with van der Waals surface area (Å²) in [6.07, 6.45) is 0.572. The minimum Gasteiger partial charge on any atom is -0.491 e. The summed E-state index contributed by atoms with van der Waals surface area (Å²) in [5.74, 6) is 0.861. The Morgan fingerprint density at radius 3 is 2.24 bits per heavy atom. The lowest BCUT2D eigenvalue weighted by Crippen LogP contribution is -2.48. The topological polar surface area (TPSA) is 45.2 Å². The molecule has 0 bridgehead atoms. The molecule has 0 aromatic heterocycles. The van der Waals surface area contributed by atoms with Crippen LogP contribution in [0.1, 0.15) is 18.1 Å². The molecule has 1 aliphatic rings. The predicted octanol–water partition coefficient (Wildman–Crippen LogP) is 2.82. The van der Waals surface area contributed by atoms with Crippen molar-refractivity contribution in [3.05, 3.63) is 65.7 Å². The van der Waals surface area contributed by atoms with Crippen LogP contribution in [0.5, 0.6) is 5.75 Å². The maximum absolute atomic E-state index is 10.3. The van der Waals surface area contributed by atoms with Crippen molar-refractivity contribution in [1.29, 1.82) is 0 Å². The molecule has 1 fully saturated rings. The highest BCUT2D eigenvalue weighted by atomic mass is 16.5. The lowest BCUT2D eigenvalue weighted by Gasteiger charge is -2.35. The van der Waals surface area contributed by atoms with Gasteiger partial charge in [0.2, 0.25) is 0 Å². The van der Waals surface area contributed by atoms with Crippen molar-refractivity contribution in [3.8, 4) is 5.75 Å². The molecule has 1 atom stereocenters. The molecule has 5 heteroatoms. The minimum atomic E-state index is -0.459. The third kappa shape index (κ3) is 7.78. The Morgan fingerprint density at radius 2 is 1.55 bits per heavy atom. The predicted molar refractivity (Wildman–Crippen MR) is 116 cm³/mol. The molecule has 1 heterocycles. The van der Waals surface area contributed by atoms with Gasteiger partial charge in [-0.25, -0.2) is 0 Å². The Labute approximate surface area is 174 Å². The number of benzene rings is 2. The molecule has 0 aliphatic carbocycles. The van der Waals surface area contributed by atoms with Gasteiger partial charge in [-0.3, -0.25) is 9.80 Å². The number of aryl methyl sites for hydroxylation is 1. The van der Waals surface area contributed by atoms with Gasteiger partial charge in [-0.05, 0) is 29.7 Å². The van der Waals surface area contributed by atoms with Crippen LogP contribution in [0.2, 0.25) is 0 Å². The molecule has 2 aromatic rings. The highest BCUT2D eigenvalue weighted by Gasteiger charge is 2.19. The standard InChI is InChI=1S/C24H34N2O3/c1-2-21-8-10-24(11-9-21)29-17-16-28-20-23(27)19-26-14-12-25(13-15-26)18-22-6-4-3-5-7-22/h3-11,23,27H,2,12-20H2,1H3/t23-/m1/s1. The molecule has 0 amide bonds. The van der Waals surface area contributed by atoms with Gasteiger partial charge in [0, 0.05) is 39.3 Å². The third-order valence-electron chi connectivity index (χ3n) is 5.32. The lowest BCUT2D eigenvalue weighted by molar-refractivity contribution is -0.000436. The van der Waals surface area contributed by atoms with Crippen molar-refractivity contribution in [1.82, 2.24) is 9.80 Å². The van der Waals surface area contributed by atoms with Gasteiger partial charge < -0.3 is 14.6 Å². The number of rotatable bonds is 11. The number of hydrogen-bond acceptors (Lipinski definition) is 5. The second-order valence-electron chi connectivity index (χ2n) is 7.64. The van der Waals surface area contributed by atoms with Crippen molar-refractivity contribution in [2.24, 2.45) is 0 Å². The summed E-state index contributed by atoms with van der Waals surface area (Å²) in [5.41, 5.74) is 2.66. The van der Waals surface area contributed by atoms with Gasteiger partial charge in [0.05, 0.1) is 19.3 Å². The summed E-state index contributed by atoms with van der Waals surface area (Å²) < 4.78 is 11.3. The van der Waals surface area contributed by atoms with Crippen LogP contribution in [0.25, 0.3) is 0 Å². The summed E-state index contributed by atoms with van der Waals surface area (Å²) in [4.78, 5) is 4.79. The van der Waals surface area contributed by atoms with Crippen molar-refractivity contribution in [2.45, 2.75) is 26.0 Å². The van der Waals surface area contributed by atoms with Crippen molar-refractivity contribution in [2.75, 3.05) is 52.5 Å². The maximum atomic E-state index is 10.3. The fourth-order valence-corrected chi connectivity index (χ4v) is 3.58. The van der Waals surface area contributed by atoms with E-state index in [4.69, 9.17) is 9.47 Å². The first-order valence-corrected chi connectivity index (χ1v) is 10.7. The Morgan fingerprint density at radius 1 is 0.862 bits per heavy atom. The van der Waals surface area contributed by atoms with Crippen LogP contribution in [0, 0.1) is 0 Å². The quantitative estimate of drug-likeness (QED) is 0.590. The average Bonchev–Trinajstić information content (AvgIpc) is 2.76. The number of aliphatic hydroxyl groups excluding tert-OH is 1. The summed E-state index contributed by atoms with van der Waals surface area (Å²) in [6.45, 7) is 9.18. The van der Waals surface area contributed by atoms with E-state index in [1.54, 1.807) is 0 Å². The van der Waals surface area contributed by atoms with E-state index in [0.29, 0.717) is 26.4 Å². The smallest absolute Gasteiger partial charge is 0.119 e. The fraction of sp³-hybridized carbons (Fsp3) is 0.500. The average molecular weight is 399 g/mol. The van der Waals surface area contributed by atoms with E-state index < -0.39 is 6.10 Å². The molecule has 29 heavy (non-hydrogen) atoms. The number of hydrogen-bond donors (Lipinski definition) is 1. The molecular weight excluding hydrogens is 364 g/mol. The summed E-state index contributed by atoms with van der Waals surface area (Å²) >= 11 is 0. The molecule has 0 saturated carbocycles. The first-order chi connectivity index (χ1) is 14.2. The molecule has 158 valence electrons. The van der Waals surface area contributed by atoms with Crippen LogP contribution >= 0.6 is 0 Å². The van der Waals surface area contributed by atoms with Crippen LogP contribution < -0.4 is 4.74 Å². The zero-order valence-electron chi connectivity index (χ0n) is 17.5. The Bertz CT molecular complexity index is 685. The maximum Gasteiger partial charge on any atom is 0.119 e. The van der Waals surface area contributed by atoms with E-state index in [1.807, 2.05) is 12.1 Å². The second kappa shape index (κ2) is 11.9. The van der Waals surface area contributed by atoms with E-state index in [-0.39, 0.29) is 0 Å². The van der Waals surface area contributed by atoms with Gasteiger partial charge in [-0.2, -0.15) is 0 Å². The van der Waals surface area contributed by atoms with Crippen LogP contribution in [-0.2, 0) is 17.7 Å². The van der Waals surface area contributed by atoms with E-state index >= 15 is 0 Å². The normalized spacial score (nSPS) is 16.6. The van der Waals surface area contributed by atoms with E-state index in [2.05, 4.69) is 59.2 Å². The van der Waals surface area contributed by atoms with Crippen molar-refractivity contribution in [3.63, 3.8) is 0 Å². The lowest BCUT2D eigenvalue weighted by atomic mass is 10.2. The molecular formula is C24H34N2O3. The fourth-order valence-electron chi connectivity index (χ4n) is 3.58. The van der Waals surface area contributed by atoms with Crippen LogP contribution in [0.4, 0.5) is 0 Å². The highest BCUT2D eigenvalue weighted by molar-refractivity contribution is 5.27. The van der Waals surface area contributed by atoms with Crippen LogP contribution in [0.15, 0.2) is 54.6 Å². The second-order valence-corrected chi connectivity index (χ2v) is 7.64. The van der Waals surface area contributed by atoms with Crippen molar-refractivity contribution < 1.29 is 14.6 Å². The Hall–Kier alpha value is -1.92. The number of aliphatic hydroxyl groups is 1. The molecule has 1 N–H and O–H groups in total. The van der Waals surface area contributed by atoms with Gasteiger partial charge in [-0.15, -0.1) is 0 Å². The van der Waals surface area contributed by atoms with Gasteiger partial charge in [0.25, 0.3) is 0 Å². The third-order valence-corrected chi connectivity index (χ3v) is 5.32. The Kier molecular flexibility index (Phi) is 8.96. The number of ether oxygens (including phenoxy) is 2. The van der Waals surface area contributed by atoms with Crippen LogP contribution in [0.3, 0.4) is 0 Å². The summed E-state index contributed by atoms with van der Waals surface area (Å²) in [7, 11) is 0. The van der Waals surface area contributed by atoms with Crippen LogP contribution in [-0.4, -0.2) is 73.6 Å². The molecule has 1 aliphatic heterocycles. The molecule has 2 aromatic carbocycles. The zero-order chi connectivity index (χ0) is 20.3. The Balaban J connectivity index is 1.24. The van der Waals surface area contributed by atoms with Gasteiger partial charge in [-0.1, -0.05) is 49.4 Å². The van der Waals surface area contributed by atoms with Crippen molar-refractivity contribution >= 4 is 0 Å². The number of piperazine rings is 1. The number of β-amino-alcohol motifs (C(OH)–C–C–N with tert-alkyl or cyclic N) is 1. The SMILES string of the molecule is CCc1ccc(OCCOC[C@H](O)CN2CCN(Cc3ccccc3)CC2)cc1. The molecule has 3 rings (SSSR count). The molecule has 0 unspecified atom stereocenters. The number of nitrogens with zero attached hydrogens (tertiary/aromatic N) is 2. The molecule has 5 nitrogen and oxygen atoms in total. The van der Waals surface area contributed by atoms with Gasteiger partial charge in [0.15, 0.2) is 0 Å². The van der Waals surface area contributed by atoms with Gasteiger partial charge in [0.1, 0.15) is 12.4 Å². The monoisotopic (exact) mass is 398 g/mol. The van der Waals surface area contributed by atoms with E-state index in [0.717, 1.165) is 44.9 Å². The van der Waals surface area contributed by atoms with E-state index in [1.165, 1.54) is 11.1 Å². The van der Waals surface area contributed by atoms with Gasteiger partial charge >= 0.3 is 0 Å². The molecule has 1 saturated heterocycles.